The van der Waals surface area contributed by atoms with Crippen LogP contribution in [0.25, 0.3) is 0 Å². The van der Waals surface area contributed by atoms with Crippen molar-refractivity contribution in [3.05, 3.63) is 21.3 Å². The minimum absolute atomic E-state index is 0.189. The molecule has 0 aliphatic heterocycles. The minimum atomic E-state index is -1.32. The fourth-order valence-corrected chi connectivity index (χ4v) is 3.67. The summed E-state index contributed by atoms with van der Waals surface area (Å²) in [5, 5.41) is 12.3. The molecule has 0 aromatic carbocycles. The van der Waals surface area contributed by atoms with Crippen molar-refractivity contribution < 1.29 is 19.4 Å². The molecule has 0 bridgehead atoms. The van der Waals surface area contributed by atoms with Crippen LogP contribution in [0.5, 0.6) is 0 Å². The zero-order valence-electron chi connectivity index (χ0n) is 12.1. The van der Waals surface area contributed by atoms with Crippen LogP contribution in [0.15, 0.2) is 12.1 Å². The molecule has 0 saturated heterocycles. The molecule has 1 aromatic rings. The number of ether oxygens (including phenoxy) is 1. The molecule has 5 nitrogen and oxygen atoms in total. The predicted molar refractivity (Wildman–Crippen MR) is 81.0 cm³/mol. The Morgan fingerprint density at radius 2 is 2.19 bits per heavy atom. The maximum Gasteiger partial charge on any atom is 0.330 e. The molecular formula is C14H18ClNO4S. The first-order chi connectivity index (χ1) is 9.74. The van der Waals surface area contributed by atoms with Crippen molar-refractivity contribution in [1.82, 2.24) is 5.32 Å². The molecule has 1 aromatic heterocycles. The molecule has 0 radical (unpaired) electrons. The van der Waals surface area contributed by atoms with Crippen LogP contribution in [0.1, 0.15) is 36.9 Å². The van der Waals surface area contributed by atoms with E-state index in [9.17, 15) is 14.7 Å². The molecule has 1 aliphatic rings. The summed E-state index contributed by atoms with van der Waals surface area (Å²) >= 11 is 6.93. The fourth-order valence-electron chi connectivity index (χ4n) is 2.73. The molecule has 0 unspecified atom stereocenters. The van der Waals surface area contributed by atoms with Crippen LogP contribution in [-0.2, 0) is 9.53 Å². The van der Waals surface area contributed by atoms with E-state index in [4.69, 9.17) is 16.3 Å². The van der Waals surface area contributed by atoms with Crippen molar-refractivity contribution in [1.29, 1.82) is 0 Å². The quantitative estimate of drug-likeness (QED) is 0.870. The van der Waals surface area contributed by atoms with Crippen molar-refractivity contribution in [3.8, 4) is 0 Å². The fraction of sp³-hybridized carbons (Fsp3) is 0.571. The Labute approximate surface area is 132 Å². The Morgan fingerprint density at radius 1 is 1.52 bits per heavy atom. The van der Waals surface area contributed by atoms with Crippen molar-refractivity contribution in [2.45, 2.75) is 38.8 Å². The molecule has 1 amide bonds. The molecule has 1 aliphatic carbocycles. The van der Waals surface area contributed by atoms with Gasteiger partial charge in [0.2, 0.25) is 0 Å². The smallest absolute Gasteiger partial charge is 0.330 e. The Bertz CT molecular complexity index is 571. The minimum Gasteiger partial charge on any atom is -0.479 e. The largest absolute Gasteiger partial charge is 0.479 e. The average molecular weight is 332 g/mol. The number of aliphatic carboxylic acids is 1. The Hall–Kier alpha value is -1.11. The molecule has 116 valence electrons. The van der Waals surface area contributed by atoms with Gasteiger partial charge in [-0.1, -0.05) is 25.4 Å². The Balaban J connectivity index is 2.22. The van der Waals surface area contributed by atoms with Crippen LogP contribution in [0.3, 0.4) is 0 Å². The van der Waals surface area contributed by atoms with Gasteiger partial charge in [-0.2, -0.15) is 0 Å². The van der Waals surface area contributed by atoms with E-state index in [0.717, 1.165) is 11.3 Å². The summed E-state index contributed by atoms with van der Waals surface area (Å²) in [7, 11) is 0. The second kappa shape index (κ2) is 5.59. The van der Waals surface area contributed by atoms with Gasteiger partial charge in [-0.3, -0.25) is 4.79 Å². The molecule has 1 saturated carbocycles. The topological polar surface area (TPSA) is 75.6 Å². The highest BCUT2D eigenvalue weighted by Gasteiger charge is 2.66. The molecule has 7 heteroatoms. The molecule has 2 N–H and O–H groups in total. The highest BCUT2D eigenvalue weighted by molar-refractivity contribution is 7.18. The number of carbonyl (C=O) groups excluding carboxylic acids is 1. The second-order valence-corrected chi connectivity index (χ2v) is 7.35. The van der Waals surface area contributed by atoms with E-state index in [1.54, 1.807) is 26.0 Å². The molecule has 2 rings (SSSR count). The van der Waals surface area contributed by atoms with Crippen LogP contribution < -0.4 is 5.32 Å². The van der Waals surface area contributed by atoms with Gasteiger partial charge in [0, 0.05) is 18.4 Å². The number of rotatable bonds is 5. The average Bonchev–Trinajstić information content (AvgIpc) is 2.83. The Morgan fingerprint density at radius 3 is 2.62 bits per heavy atom. The third kappa shape index (κ3) is 2.56. The van der Waals surface area contributed by atoms with Crippen LogP contribution in [0.4, 0.5) is 0 Å². The number of hydrogen-bond donors (Lipinski definition) is 2. The summed E-state index contributed by atoms with van der Waals surface area (Å²) in [6, 6.07) is 3.20. The molecule has 1 heterocycles. The highest BCUT2D eigenvalue weighted by Crippen LogP contribution is 2.51. The van der Waals surface area contributed by atoms with Crippen LogP contribution in [0, 0.1) is 5.41 Å². The lowest BCUT2D eigenvalue weighted by Crippen LogP contribution is -2.76. The van der Waals surface area contributed by atoms with Crippen LogP contribution in [-0.4, -0.2) is 35.2 Å². The number of nitrogens with one attached hydrogen (secondary N) is 1. The number of thiophene rings is 1. The monoisotopic (exact) mass is 331 g/mol. The summed E-state index contributed by atoms with van der Waals surface area (Å²) in [6.07, 6.45) is 0.0689. The van der Waals surface area contributed by atoms with Crippen molar-refractivity contribution in [2.75, 3.05) is 6.61 Å². The van der Waals surface area contributed by atoms with Gasteiger partial charge in [-0.05, 0) is 19.1 Å². The highest BCUT2D eigenvalue weighted by atomic mass is 35.5. The first kappa shape index (κ1) is 16.3. The van der Waals surface area contributed by atoms with Crippen molar-refractivity contribution in [3.63, 3.8) is 0 Å². The summed E-state index contributed by atoms with van der Waals surface area (Å²) < 4.78 is 6.05. The van der Waals surface area contributed by atoms with Gasteiger partial charge in [0.15, 0.2) is 0 Å². The van der Waals surface area contributed by atoms with E-state index in [0.29, 0.717) is 15.8 Å². The van der Waals surface area contributed by atoms with E-state index in [1.807, 2.05) is 6.92 Å². The summed E-state index contributed by atoms with van der Waals surface area (Å²) in [5.41, 5.74) is -2.01. The predicted octanol–water partition coefficient (Wildman–Crippen LogP) is 2.79. The molecule has 1 fully saturated rings. The van der Waals surface area contributed by atoms with E-state index < -0.39 is 22.8 Å². The maximum absolute atomic E-state index is 12.3. The van der Waals surface area contributed by atoms with Gasteiger partial charge >= 0.3 is 5.97 Å². The first-order valence-electron chi connectivity index (χ1n) is 6.67. The van der Waals surface area contributed by atoms with E-state index in [1.165, 1.54) is 0 Å². The van der Waals surface area contributed by atoms with E-state index in [-0.39, 0.29) is 12.5 Å². The van der Waals surface area contributed by atoms with Gasteiger partial charge in [-0.25, -0.2) is 4.79 Å². The number of hydrogen-bond acceptors (Lipinski definition) is 4. The van der Waals surface area contributed by atoms with Gasteiger partial charge < -0.3 is 15.2 Å². The number of halogens is 1. The first-order valence-corrected chi connectivity index (χ1v) is 7.87. The number of amides is 1. The van der Waals surface area contributed by atoms with Crippen LogP contribution >= 0.6 is 22.9 Å². The van der Waals surface area contributed by atoms with Crippen molar-refractivity contribution in [2.24, 2.45) is 5.41 Å². The van der Waals surface area contributed by atoms with Gasteiger partial charge in [0.05, 0.1) is 15.3 Å². The molecule has 21 heavy (non-hydrogen) atoms. The van der Waals surface area contributed by atoms with Crippen molar-refractivity contribution >= 4 is 34.8 Å². The lowest BCUT2D eigenvalue weighted by atomic mass is 9.54. The summed E-state index contributed by atoms with van der Waals surface area (Å²) in [6.45, 7) is 5.97. The SMILES string of the molecule is CCO[C@@H]1C[C@@](NC(=O)c2ccc(Cl)s2)(C(=O)O)C1(C)C. The zero-order chi connectivity index (χ0) is 15.8. The zero-order valence-corrected chi connectivity index (χ0v) is 13.7. The summed E-state index contributed by atoms with van der Waals surface area (Å²) in [4.78, 5) is 24.4. The third-order valence-electron chi connectivity index (χ3n) is 4.25. The van der Waals surface area contributed by atoms with Crippen LogP contribution in [0.2, 0.25) is 4.34 Å². The third-order valence-corrected chi connectivity index (χ3v) is 5.48. The maximum atomic E-state index is 12.3. The number of carbonyl (C=O) groups is 2. The number of carboxylic acid groups (broad SMARTS) is 1. The summed E-state index contributed by atoms with van der Waals surface area (Å²) in [5.74, 6) is -1.46. The lowest BCUT2D eigenvalue weighted by molar-refractivity contribution is -0.190. The molecule has 0 spiro atoms. The number of carboxylic acids is 1. The van der Waals surface area contributed by atoms with Gasteiger partial charge in [0.1, 0.15) is 5.54 Å². The van der Waals surface area contributed by atoms with E-state index >= 15 is 0 Å². The van der Waals surface area contributed by atoms with Gasteiger partial charge in [0.25, 0.3) is 5.91 Å². The van der Waals surface area contributed by atoms with Gasteiger partial charge in [-0.15, -0.1) is 11.3 Å². The Kier molecular flexibility index (Phi) is 4.33. The normalized spacial score (nSPS) is 27.0. The molecular weight excluding hydrogens is 314 g/mol. The molecule has 2 atom stereocenters. The lowest BCUT2D eigenvalue weighted by Gasteiger charge is -2.58. The van der Waals surface area contributed by atoms with E-state index in [2.05, 4.69) is 5.32 Å². The standard InChI is InChI=1S/C14H18ClNO4S/c1-4-20-9-7-14(12(18)19,13(9,2)3)16-11(17)8-5-6-10(15)21-8/h5-6,9H,4,7H2,1-3H3,(H,16,17)(H,18,19)/t9-,14-/m1/s1. The second-order valence-electron chi connectivity index (χ2n) is 5.64.